The number of carbonyl (C=O) groups is 2. The molecule has 32 heavy (non-hydrogen) atoms. The highest BCUT2D eigenvalue weighted by molar-refractivity contribution is 5.92. The molecule has 2 saturated heterocycles. The molecule has 1 aromatic heterocycles. The van der Waals surface area contributed by atoms with Gasteiger partial charge in [-0.05, 0) is 37.3 Å². The number of anilines is 1. The summed E-state index contributed by atoms with van der Waals surface area (Å²) in [5.74, 6) is -0.834. The van der Waals surface area contributed by atoms with Gasteiger partial charge in [-0.1, -0.05) is 0 Å². The molecular weight excluding hydrogens is 425 g/mol. The first-order chi connectivity index (χ1) is 15.2. The van der Waals surface area contributed by atoms with Gasteiger partial charge in [0.2, 0.25) is 5.91 Å². The van der Waals surface area contributed by atoms with Gasteiger partial charge < -0.3 is 15.5 Å². The lowest BCUT2D eigenvalue weighted by Crippen LogP contribution is -2.69. The van der Waals surface area contributed by atoms with E-state index >= 15 is 0 Å². The van der Waals surface area contributed by atoms with Crippen molar-refractivity contribution in [1.29, 1.82) is 0 Å². The minimum absolute atomic E-state index is 0.214. The number of fused-ring (bicyclic) bond motifs is 1. The van der Waals surface area contributed by atoms with Crippen molar-refractivity contribution in [2.75, 3.05) is 44.7 Å². The molecule has 176 valence electrons. The van der Waals surface area contributed by atoms with E-state index in [-0.39, 0.29) is 18.0 Å². The van der Waals surface area contributed by atoms with Gasteiger partial charge in [-0.3, -0.25) is 19.8 Å². The molecule has 0 aromatic carbocycles. The zero-order valence-corrected chi connectivity index (χ0v) is 18.0. The molecule has 1 aromatic rings. The maximum atomic E-state index is 13.0. The molecule has 3 aliphatic rings. The minimum atomic E-state index is -4.57. The molecule has 2 amide bonds. The monoisotopic (exact) mass is 454 g/mol. The number of amides is 2. The van der Waals surface area contributed by atoms with Crippen molar-refractivity contribution in [3.63, 3.8) is 0 Å². The lowest BCUT2D eigenvalue weighted by atomic mass is 9.80. The summed E-state index contributed by atoms with van der Waals surface area (Å²) in [7, 11) is 1.57. The fraction of sp³-hybridized carbons (Fsp3) is 0.667. The highest BCUT2D eigenvalue weighted by atomic mass is 19.4. The highest BCUT2D eigenvalue weighted by Gasteiger charge is 2.51. The summed E-state index contributed by atoms with van der Waals surface area (Å²) in [6.45, 7) is 4.31. The molecular formula is C21H29F3N6O2. The maximum absolute atomic E-state index is 13.0. The van der Waals surface area contributed by atoms with Gasteiger partial charge in [0.05, 0.1) is 11.9 Å². The zero-order chi connectivity index (χ0) is 22.9. The maximum Gasteiger partial charge on any atom is 0.412 e. The molecule has 4 atom stereocenters. The second kappa shape index (κ2) is 9.22. The second-order valence-corrected chi connectivity index (χ2v) is 8.81. The van der Waals surface area contributed by atoms with Crippen LogP contribution in [0.3, 0.4) is 0 Å². The van der Waals surface area contributed by atoms with E-state index in [1.165, 1.54) is 0 Å². The number of nitrogens with zero attached hydrogens (tertiary/aromatic N) is 3. The van der Waals surface area contributed by atoms with Crippen LogP contribution in [-0.2, 0) is 4.79 Å². The summed E-state index contributed by atoms with van der Waals surface area (Å²) in [4.78, 5) is 32.4. The summed E-state index contributed by atoms with van der Waals surface area (Å²) < 4.78 is 39.0. The molecule has 0 bridgehead atoms. The molecule has 0 spiro atoms. The Kier molecular flexibility index (Phi) is 6.57. The molecule has 2 aliphatic heterocycles. The third-order valence-corrected chi connectivity index (χ3v) is 6.72. The number of piperazine rings is 2. The van der Waals surface area contributed by atoms with E-state index in [0.29, 0.717) is 24.5 Å². The Morgan fingerprint density at radius 1 is 1.19 bits per heavy atom. The summed E-state index contributed by atoms with van der Waals surface area (Å²) in [5, 5.41) is 7.68. The average Bonchev–Trinajstić information content (AvgIpc) is 2.78. The summed E-state index contributed by atoms with van der Waals surface area (Å²) in [6, 6.07) is 0.952. The number of carbonyl (C=O) groups excluding carboxylic acids is 2. The number of rotatable bonds is 4. The Morgan fingerprint density at radius 3 is 2.56 bits per heavy atom. The molecule has 0 radical (unpaired) electrons. The molecule has 1 saturated carbocycles. The van der Waals surface area contributed by atoms with Crippen LogP contribution in [0, 0.1) is 5.92 Å². The van der Waals surface area contributed by atoms with Crippen LogP contribution in [0.25, 0.3) is 0 Å². The van der Waals surface area contributed by atoms with Crippen molar-refractivity contribution in [2.24, 2.45) is 5.92 Å². The lowest BCUT2D eigenvalue weighted by Gasteiger charge is -2.45. The first-order valence-electron chi connectivity index (χ1n) is 11.0. The van der Waals surface area contributed by atoms with Gasteiger partial charge in [0.25, 0.3) is 5.91 Å². The Labute approximate surface area is 184 Å². The summed E-state index contributed by atoms with van der Waals surface area (Å²) in [5.41, 5.74) is 1.37. The van der Waals surface area contributed by atoms with Gasteiger partial charge in [0, 0.05) is 51.9 Å². The van der Waals surface area contributed by atoms with E-state index in [4.69, 9.17) is 0 Å². The molecule has 3 N–H and O–H groups in total. The van der Waals surface area contributed by atoms with Gasteiger partial charge in [0.1, 0.15) is 5.69 Å². The van der Waals surface area contributed by atoms with Crippen molar-refractivity contribution < 1.29 is 22.8 Å². The van der Waals surface area contributed by atoms with E-state index in [0.717, 1.165) is 44.8 Å². The van der Waals surface area contributed by atoms with Crippen molar-refractivity contribution >= 4 is 17.5 Å². The largest absolute Gasteiger partial charge is 0.412 e. The highest BCUT2D eigenvalue weighted by Crippen LogP contribution is 2.31. The smallest absolute Gasteiger partial charge is 0.368 e. The predicted octanol–water partition coefficient (Wildman–Crippen LogP) is 0.751. The predicted molar refractivity (Wildman–Crippen MR) is 112 cm³/mol. The normalized spacial score (nSPS) is 29.2. The van der Waals surface area contributed by atoms with Gasteiger partial charge >= 0.3 is 6.18 Å². The number of halogens is 3. The standard InChI is InChI=1S/C21H29F3N6O2/c1-25-19(31)16-5-3-14(11-26-16)30-8-6-29(7-9-30)12-13-2-4-15-17(10-13)28-20(32)18(27-15)21(22,23)24/h3,5,11,13,15,17-18,27H,2,4,6-10,12H2,1H3,(H,25,31)(H,28,32). The van der Waals surface area contributed by atoms with E-state index in [2.05, 4.69) is 30.7 Å². The lowest BCUT2D eigenvalue weighted by molar-refractivity contribution is -0.176. The number of hydrogen-bond acceptors (Lipinski definition) is 6. The minimum Gasteiger partial charge on any atom is -0.368 e. The van der Waals surface area contributed by atoms with Gasteiger partial charge in [-0.2, -0.15) is 13.2 Å². The Hall–Kier alpha value is -2.40. The molecule has 3 heterocycles. The molecule has 8 nitrogen and oxygen atoms in total. The number of nitrogens with one attached hydrogen (secondary N) is 3. The van der Waals surface area contributed by atoms with Crippen LogP contribution in [0.2, 0.25) is 0 Å². The van der Waals surface area contributed by atoms with Crippen LogP contribution < -0.4 is 20.9 Å². The molecule has 4 unspecified atom stereocenters. The first-order valence-corrected chi connectivity index (χ1v) is 11.0. The quantitative estimate of drug-likeness (QED) is 0.622. The van der Waals surface area contributed by atoms with Gasteiger partial charge in [0.15, 0.2) is 6.04 Å². The van der Waals surface area contributed by atoms with Crippen molar-refractivity contribution in [3.05, 3.63) is 24.0 Å². The van der Waals surface area contributed by atoms with Crippen molar-refractivity contribution in [3.8, 4) is 0 Å². The van der Waals surface area contributed by atoms with Gasteiger partial charge in [-0.25, -0.2) is 4.98 Å². The third-order valence-electron chi connectivity index (χ3n) is 6.72. The van der Waals surface area contributed by atoms with Crippen LogP contribution >= 0.6 is 0 Å². The van der Waals surface area contributed by atoms with Crippen LogP contribution in [0.5, 0.6) is 0 Å². The van der Waals surface area contributed by atoms with E-state index in [9.17, 15) is 22.8 Å². The molecule has 1 aliphatic carbocycles. The topological polar surface area (TPSA) is 89.6 Å². The number of aromatic nitrogens is 1. The Morgan fingerprint density at radius 2 is 1.94 bits per heavy atom. The number of alkyl halides is 3. The van der Waals surface area contributed by atoms with Crippen LogP contribution in [0.1, 0.15) is 29.8 Å². The molecule has 11 heteroatoms. The Bertz CT molecular complexity index is 826. The van der Waals surface area contributed by atoms with E-state index in [1.54, 1.807) is 19.3 Å². The third kappa shape index (κ3) is 4.98. The SMILES string of the molecule is CNC(=O)c1ccc(N2CCN(CC3CCC4NC(C(F)(F)F)C(=O)NC4C3)CC2)cn1. The van der Waals surface area contributed by atoms with Crippen molar-refractivity contribution in [2.45, 2.75) is 43.6 Å². The zero-order valence-electron chi connectivity index (χ0n) is 18.0. The van der Waals surface area contributed by atoms with Crippen molar-refractivity contribution in [1.82, 2.24) is 25.8 Å². The van der Waals surface area contributed by atoms with Crippen LogP contribution in [0.15, 0.2) is 18.3 Å². The number of pyridine rings is 1. The molecule has 3 fully saturated rings. The average molecular weight is 454 g/mol. The van der Waals surface area contributed by atoms with Crippen LogP contribution in [0.4, 0.5) is 18.9 Å². The van der Waals surface area contributed by atoms with Gasteiger partial charge in [-0.15, -0.1) is 0 Å². The fourth-order valence-corrected chi connectivity index (χ4v) is 4.97. The summed E-state index contributed by atoms with van der Waals surface area (Å²) in [6.07, 6.45) is -0.678. The first kappa shape index (κ1) is 22.8. The fourth-order valence-electron chi connectivity index (χ4n) is 4.97. The second-order valence-electron chi connectivity index (χ2n) is 8.81. The van der Waals surface area contributed by atoms with E-state index < -0.39 is 18.1 Å². The number of hydrogen-bond donors (Lipinski definition) is 3. The van der Waals surface area contributed by atoms with Crippen LogP contribution in [-0.4, -0.2) is 85.8 Å². The Balaban J connectivity index is 1.25. The summed E-state index contributed by atoms with van der Waals surface area (Å²) >= 11 is 0. The molecule has 4 rings (SSSR count). The van der Waals surface area contributed by atoms with E-state index in [1.807, 2.05) is 6.07 Å².